The van der Waals surface area contributed by atoms with Gasteiger partial charge in [-0.25, -0.2) is 4.79 Å². The molecule has 1 N–H and O–H groups in total. The summed E-state index contributed by atoms with van der Waals surface area (Å²) in [6.45, 7) is 12.0. The van der Waals surface area contributed by atoms with E-state index in [0.29, 0.717) is 34.2 Å². The summed E-state index contributed by atoms with van der Waals surface area (Å²) in [5, 5.41) is 11.5. The molecule has 2 unspecified atom stereocenters. The van der Waals surface area contributed by atoms with Crippen LogP contribution in [0.4, 0.5) is 5.00 Å². The van der Waals surface area contributed by atoms with Gasteiger partial charge in [0.05, 0.1) is 17.4 Å². The van der Waals surface area contributed by atoms with Crippen molar-refractivity contribution in [1.29, 1.82) is 0 Å². The number of hydrogen-bond donors (Lipinski definition) is 1. The Kier molecular flexibility index (Phi) is 6.91. The standard InChI is InChI=1S/C21H29N3O4S2/c1-7-27-18(26)15-13-9-8-11(2)10-14(13)30-17(15)22-16(25)12(3)29-20-24-23-19(28-20)21(4,5)6/h11-12H,7-10H2,1-6H3,(H,22,25). The second kappa shape index (κ2) is 9.09. The van der Waals surface area contributed by atoms with Crippen molar-refractivity contribution >= 4 is 40.0 Å². The minimum atomic E-state index is -0.466. The first kappa shape index (κ1) is 22.8. The number of thioether (sulfide) groups is 1. The van der Waals surface area contributed by atoms with E-state index >= 15 is 0 Å². The molecule has 1 amide bonds. The third kappa shape index (κ3) is 5.06. The summed E-state index contributed by atoms with van der Waals surface area (Å²) in [6.07, 6.45) is 2.78. The van der Waals surface area contributed by atoms with E-state index < -0.39 is 5.25 Å². The number of nitrogens with one attached hydrogen (secondary N) is 1. The second-order valence-corrected chi connectivity index (χ2v) is 11.0. The molecule has 1 aliphatic carbocycles. The zero-order chi connectivity index (χ0) is 22.1. The average molecular weight is 452 g/mol. The number of amides is 1. The van der Waals surface area contributed by atoms with E-state index in [1.807, 2.05) is 20.8 Å². The van der Waals surface area contributed by atoms with Crippen molar-refractivity contribution in [3.05, 3.63) is 21.9 Å². The highest BCUT2D eigenvalue weighted by atomic mass is 32.2. The number of anilines is 1. The van der Waals surface area contributed by atoms with Crippen molar-refractivity contribution in [2.45, 2.75) is 76.7 Å². The third-order valence-corrected chi connectivity index (χ3v) is 7.03. The summed E-state index contributed by atoms with van der Waals surface area (Å²) < 4.78 is 11.0. The molecule has 1 aliphatic rings. The summed E-state index contributed by atoms with van der Waals surface area (Å²) in [4.78, 5) is 26.6. The van der Waals surface area contributed by atoms with Crippen LogP contribution in [0.15, 0.2) is 9.64 Å². The van der Waals surface area contributed by atoms with E-state index in [-0.39, 0.29) is 17.3 Å². The Morgan fingerprint density at radius 3 is 2.73 bits per heavy atom. The first-order valence-corrected chi connectivity index (χ1v) is 11.9. The molecule has 164 valence electrons. The number of esters is 1. The van der Waals surface area contributed by atoms with Crippen molar-refractivity contribution in [1.82, 2.24) is 10.2 Å². The molecule has 0 aromatic carbocycles. The van der Waals surface area contributed by atoms with Crippen molar-refractivity contribution in [3.63, 3.8) is 0 Å². The van der Waals surface area contributed by atoms with E-state index in [2.05, 4.69) is 22.4 Å². The van der Waals surface area contributed by atoms with Crippen LogP contribution >= 0.6 is 23.1 Å². The first-order chi connectivity index (χ1) is 14.1. The fraction of sp³-hybridized carbons (Fsp3) is 0.619. The van der Waals surface area contributed by atoms with Gasteiger partial charge in [-0.3, -0.25) is 4.79 Å². The van der Waals surface area contributed by atoms with E-state index in [9.17, 15) is 9.59 Å². The van der Waals surface area contributed by atoms with Crippen LogP contribution in [-0.2, 0) is 27.8 Å². The smallest absolute Gasteiger partial charge is 0.341 e. The van der Waals surface area contributed by atoms with Crippen molar-refractivity contribution in [2.75, 3.05) is 11.9 Å². The van der Waals surface area contributed by atoms with Gasteiger partial charge in [-0.2, -0.15) is 0 Å². The van der Waals surface area contributed by atoms with Crippen LogP contribution < -0.4 is 5.32 Å². The van der Waals surface area contributed by atoms with E-state index in [4.69, 9.17) is 9.15 Å². The predicted molar refractivity (Wildman–Crippen MR) is 118 cm³/mol. The van der Waals surface area contributed by atoms with Gasteiger partial charge < -0.3 is 14.5 Å². The maximum atomic E-state index is 12.9. The van der Waals surface area contributed by atoms with Gasteiger partial charge >= 0.3 is 5.97 Å². The molecule has 9 heteroatoms. The molecular weight excluding hydrogens is 422 g/mol. The summed E-state index contributed by atoms with van der Waals surface area (Å²) >= 11 is 2.69. The second-order valence-electron chi connectivity index (χ2n) is 8.65. The summed E-state index contributed by atoms with van der Waals surface area (Å²) in [5.41, 5.74) is 1.29. The Labute approximate surface area is 185 Å². The van der Waals surface area contributed by atoms with Crippen LogP contribution in [0.25, 0.3) is 0 Å². The molecule has 30 heavy (non-hydrogen) atoms. The molecule has 2 heterocycles. The number of fused-ring (bicyclic) bond motifs is 1. The number of aromatic nitrogens is 2. The van der Waals surface area contributed by atoms with Gasteiger partial charge in [0.1, 0.15) is 5.00 Å². The highest BCUT2D eigenvalue weighted by molar-refractivity contribution is 8.00. The average Bonchev–Trinajstić information content (AvgIpc) is 3.25. The molecule has 3 rings (SSSR count). The third-order valence-electron chi connectivity index (χ3n) is 4.92. The first-order valence-electron chi connectivity index (χ1n) is 10.2. The van der Waals surface area contributed by atoms with Crippen molar-refractivity contribution in [3.8, 4) is 0 Å². The lowest BCUT2D eigenvalue weighted by Crippen LogP contribution is -2.23. The van der Waals surface area contributed by atoms with Gasteiger partial charge in [0.15, 0.2) is 0 Å². The highest BCUT2D eigenvalue weighted by Gasteiger charge is 2.30. The van der Waals surface area contributed by atoms with Crippen LogP contribution in [0.3, 0.4) is 0 Å². The lowest BCUT2D eigenvalue weighted by Gasteiger charge is -2.18. The zero-order valence-electron chi connectivity index (χ0n) is 18.3. The minimum absolute atomic E-state index is 0.215. The van der Waals surface area contributed by atoms with Crippen LogP contribution in [0, 0.1) is 5.92 Å². The molecular formula is C21H29N3O4S2. The number of ether oxygens (including phenoxy) is 1. The molecule has 2 atom stereocenters. The predicted octanol–water partition coefficient (Wildman–Crippen LogP) is 4.85. The van der Waals surface area contributed by atoms with Gasteiger partial charge in [-0.1, -0.05) is 39.5 Å². The molecule has 0 aliphatic heterocycles. The zero-order valence-corrected chi connectivity index (χ0v) is 20.0. The summed E-state index contributed by atoms with van der Waals surface area (Å²) in [6, 6.07) is 0. The van der Waals surface area contributed by atoms with E-state index in [1.165, 1.54) is 28.0 Å². The van der Waals surface area contributed by atoms with Gasteiger partial charge in [0.2, 0.25) is 11.8 Å². The Hall–Kier alpha value is -1.87. The normalized spacial score (nSPS) is 17.3. The summed E-state index contributed by atoms with van der Waals surface area (Å²) in [7, 11) is 0. The van der Waals surface area contributed by atoms with Crippen LogP contribution in [0.1, 0.15) is 74.7 Å². The topological polar surface area (TPSA) is 94.3 Å². The maximum absolute atomic E-state index is 12.9. The molecule has 2 aromatic heterocycles. The molecule has 0 fully saturated rings. The van der Waals surface area contributed by atoms with Gasteiger partial charge in [-0.05, 0) is 44.6 Å². The fourth-order valence-corrected chi connectivity index (χ4v) is 5.32. The highest BCUT2D eigenvalue weighted by Crippen LogP contribution is 2.40. The quantitative estimate of drug-likeness (QED) is 0.495. The van der Waals surface area contributed by atoms with Crippen molar-refractivity contribution in [2.24, 2.45) is 5.92 Å². The molecule has 0 radical (unpaired) electrons. The lowest BCUT2D eigenvalue weighted by atomic mass is 9.88. The number of carbonyl (C=O) groups is 2. The van der Waals surface area contributed by atoms with Crippen LogP contribution in [0.2, 0.25) is 0 Å². The van der Waals surface area contributed by atoms with E-state index in [1.54, 1.807) is 13.8 Å². The molecule has 0 bridgehead atoms. The van der Waals surface area contributed by atoms with Gasteiger partial charge in [-0.15, -0.1) is 21.5 Å². The Bertz CT molecular complexity index is 929. The monoisotopic (exact) mass is 451 g/mol. The Morgan fingerprint density at radius 1 is 1.37 bits per heavy atom. The number of thiophene rings is 1. The summed E-state index contributed by atoms with van der Waals surface area (Å²) in [5.74, 6) is 0.514. The molecule has 2 aromatic rings. The van der Waals surface area contributed by atoms with Gasteiger partial charge in [0.25, 0.3) is 5.22 Å². The number of nitrogens with zero attached hydrogens (tertiary/aromatic N) is 2. The Morgan fingerprint density at radius 2 is 2.10 bits per heavy atom. The maximum Gasteiger partial charge on any atom is 0.341 e. The lowest BCUT2D eigenvalue weighted by molar-refractivity contribution is -0.115. The Balaban J connectivity index is 1.77. The molecule has 7 nitrogen and oxygen atoms in total. The number of hydrogen-bond acceptors (Lipinski definition) is 8. The van der Waals surface area contributed by atoms with Crippen LogP contribution in [-0.4, -0.2) is 33.9 Å². The number of rotatable bonds is 6. The van der Waals surface area contributed by atoms with Gasteiger partial charge in [0, 0.05) is 10.3 Å². The molecule has 0 spiro atoms. The van der Waals surface area contributed by atoms with Crippen molar-refractivity contribution < 1.29 is 18.7 Å². The minimum Gasteiger partial charge on any atom is -0.462 e. The SMILES string of the molecule is CCOC(=O)c1c(NC(=O)C(C)Sc2nnc(C(C)(C)C)o2)sc2c1CCC(C)C2. The molecule has 0 saturated heterocycles. The molecule has 0 saturated carbocycles. The van der Waals surface area contributed by atoms with Crippen LogP contribution in [0.5, 0.6) is 0 Å². The fourth-order valence-electron chi connectivity index (χ4n) is 3.24. The number of carbonyl (C=O) groups excluding carboxylic acids is 2. The van der Waals surface area contributed by atoms with E-state index in [0.717, 1.165) is 24.8 Å². The largest absolute Gasteiger partial charge is 0.462 e.